The fourth-order valence-corrected chi connectivity index (χ4v) is 2.88. The second-order valence-electron chi connectivity index (χ2n) is 7.01. The maximum absolute atomic E-state index is 5.97. The highest BCUT2D eigenvalue weighted by Gasteiger charge is 2.07. The predicted molar refractivity (Wildman–Crippen MR) is 106 cm³/mol. The van der Waals surface area contributed by atoms with Crippen LogP contribution in [0.4, 0.5) is 0 Å². The van der Waals surface area contributed by atoms with Crippen LogP contribution in [-0.4, -0.2) is 9.97 Å². The van der Waals surface area contributed by atoms with Gasteiger partial charge in [-0.15, -0.1) is 0 Å². The Kier molecular flexibility index (Phi) is 9.65. The minimum atomic E-state index is 0.489. The summed E-state index contributed by atoms with van der Waals surface area (Å²) in [5, 5.41) is 0.681. The zero-order valence-corrected chi connectivity index (χ0v) is 16.6. The Morgan fingerprint density at radius 2 is 1.44 bits per heavy atom. The summed E-state index contributed by atoms with van der Waals surface area (Å²) in [7, 11) is 0. The molecule has 0 atom stereocenters. The lowest BCUT2D eigenvalue weighted by molar-refractivity contribution is 0.640. The van der Waals surface area contributed by atoms with Gasteiger partial charge in [-0.25, -0.2) is 0 Å². The lowest BCUT2D eigenvalue weighted by atomic mass is 10.0. The molecule has 0 saturated carbocycles. The van der Waals surface area contributed by atoms with Crippen molar-refractivity contribution in [1.82, 2.24) is 9.97 Å². The van der Waals surface area contributed by atoms with E-state index in [0.717, 1.165) is 18.4 Å². The van der Waals surface area contributed by atoms with E-state index in [-0.39, 0.29) is 0 Å². The van der Waals surface area contributed by atoms with Crippen molar-refractivity contribution in [2.24, 2.45) is 23.3 Å². The second-order valence-corrected chi connectivity index (χ2v) is 7.41. The average Bonchev–Trinajstić information content (AvgIpc) is 2.55. The van der Waals surface area contributed by atoms with E-state index < -0.39 is 0 Å². The predicted octanol–water partition coefficient (Wildman–Crippen LogP) is 4.13. The molecular formula is C20H31ClN4. The molecule has 2 heterocycles. The Balaban J connectivity index is 0.000000251. The van der Waals surface area contributed by atoms with Gasteiger partial charge < -0.3 is 11.5 Å². The zero-order chi connectivity index (χ0) is 18.8. The summed E-state index contributed by atoms with van der Waals surface area (Å²) in [5.74, 6) is 1.27. The van der Waals surface area contributed by atoms with Crippen molar-refractivity contribution in [3.8, 4) is 0 Å². The standard InChI is InChI=1S/C10H15ClN2.C10H16N2/c1-7(2)3-8-5-13-6-10(11)9(8)4-12;1-8(2)5-10-7-12-4-3-9(10)6-11/h5-7H,3-4,12H2,1-2H3;3-4,7-8H,5-6,11H2,1-2H3. The highest BCUT2D eigenvalue weighted by atomic mass is 35.5. The number of nitrogens with two attached hydrogens (primary N) is 2. The van der Waals surface area contributed by atoms with Crippen LogP contribution in [0.5, 0.6) is 0 Å². The molecule has 0 fully saturated rings. The van der Waals surface area contributed by atoms with Gasteiger partial charge in [-0.3, -0.25) is 9.97 Å². The molecule has 0 amide bonds. The Morgan fingerprint density at radius 1 is 0.840 bits per heavy atom. The van der Waals surface area contributed by atoms with E-state index in [0.29, 0.717) is 29.9 Å². The molecular weight excluding hydrogens is 332 g/mol. The number of rotatable bonds is 6. The summed E-state index contributed by atoms with van der Waals surface area (Å²) >= 11 is 5.97. The number of aromatic nitrogens is 2. The molecule has 0 saturated heterocycles. The van der Waals surface area contributed by atoms with Crippen molar-refractivity contribution in [2.75, 3.05) is 0 Å². The maximum Gasteiger partial charge on any atom is 0.0636 e. The first kappa shape index (κ1) is 21.6. The van der Waals surface area contributed by atoms with Crippen molar-refractivity contribution in [3.05, 3.63) is 58.1 Å². The van der Waals surface area contributed by atoms with Gasteiger partial charge in [0.05, 0.1) is 5.02 Å². The minimum Gasteiger partial charge on any atom is -0.326 e. The molecule has 4 N–H and O–H groups in total. The fourth-order valence-electron chi connectivity index (χ4n) is 2.62. The molecule has 2 aromatic rings. The molecule has 0 unspecified atom stereocenters. The van der Waals surface area contributed by atoms with Gasteiger partial charge in [0.15, 0.2) is 0 Å². The van der Waals surface area contributed by atoms with Crippen molar-refractivity contribution < 1.29 is 0 Å². The topological polar surface area (TPSA) is 77.8 Å². The van der Waals surface area contributed by atoms with E-state index in [1.165, 1.54) is 16.7 Å². The van der Waals surface area contributed by atoms with Crippen LogP contribution in [0, 0.1) is 11.8 Å². The second kappa shape index (κ2) is 11.2. The van der Waals surface area contributed by atoms with E-state index in [9.17, 15) is 0 Å². The summed E-state index contributed by atoms with van der Waals surface area (Å²) in [5.41, 5.74) is 15.9. The Labute approximate surface area is 157 Å². The van der Waals surface area contributed by atoms with Crippen LogP contribution >= 0.6 is 11.6 Å². The monoisotopic (exact) mass is 362 g/mol. The van der Waals surface area contributed by atoms with E-state index >= 15 is 0 Å². The van der Waals surface area contributed by atoms with Gasteiger partial charge in [-0.05, 0) is 53.0 Å². The Hall–Kier alpha value is -1.49. The molecule has 5 heteroatoms. The number of pyridine rings is 2. The van der Waals surface area contributed by atoms with Gasteiger partial charge >= 0.3 is 0 Å². The fraction of sp³-hybridized carbons (Fsp3) is 0.500. The number of halogens is 1. The highest BCUT2D eigenvalue weighted by Crippen LogP contribution is 2.20. The third-order valence-corrected chi connectivity index (χ3v) is 4.10. The van der Waals surface area contributed by atoms with Crippen molar-refractivity contribution >= 4 is 11.6 Å². The van der Waals surface area contributed by atoms with Gasteiger partial charge in [-0.2, -0.15) is 0 Å². The van der Waals surface area contributed by atoms with E-state index in [1.54, 1.807) is 12.4 Å². The van der Waals surface area contributed by atoms with Crippen LogP contribution < -0.4 is 11.5 Å². The molecule has 4 nitrogen and oxygen atoms in total. The molecule has 0 aliphatic carbocycles. The van der Waals surface area contributed by atoms with Crippen molar-refractivity contribution in [2.45, 2.75) is 53.6 Å². The maximum atomic E-state index is 5.97. The van der Waals surface area contributed by atoms with Gasteiger partial charge in [0.25, 0.3) is 0 Å². The number of nitrogens with zero attached hydrogens (tertiary/aromatic N) is 2. The van der Waals surface area contributed by atoms with Crippen molar-refractivity contribution in [1.29, 1.82) is 0 Å². The van der Waals surface area contributed by atoms with Gasteiger partial charge in [0.1, 0.15) is 0 Å². The third kappa shape index (κ3) is 7.51. The van der Waals surface area contributed by atoms with Crippen molar-refractivity contribution in [3.63, 3.8) is 0 Å². The summed E-state index contributed by atoms with van der Waals surface area (Å²) in [6, 6.07) is 2.00. The molecule has 2 rings (SSSR count). The van der Waals surface area contributed by atoms with Crippen LogP contribution in [0.3, 0.4) is 0 Å². The van der Waals surface area contributed by atoms with Crippen LogP contribution in [-0.2, 0) is 25.9 Å². The Morgan fingerprint density at radius 3 is 2.00 bits per heavy atom. The zero-order valence-electron chi connectivity index (χ0n) is 15.8. The molecule has 25 heavy (non-hydrogen) atoms. The molecule has 0 spiro atoms. The van der Waals surface area contributed by atoms with Crippen LogP contribution in [0.15, 0.2) is 30.9 Å². The lowest BCUT2D eigenvalue weighted by Gasteiger charge is -2.10. The van der Waals surface area contributed by atoms with Gasteiger partial charge in [-0.1, -0.05) is 39.3 Å². The average molecular weight is 363 g/mol. The third-order valence-electron chi connectivity index (χ3n) is 3.78. The first-order chi connectivity index (χ1) is 11.9. The molecule has 0 aromatic carbocycles. The Bertz CT molecular complexity index is 641. The lowest BCUT2D eigenvalue weighted by Crippen LogP contribution is -2.05. The number of hydrogen-bond acceptors (Lipinski definition) is 4. The van der Waals surface area contributed by atoms with Gasteiger partial charge in [0.2, 0.25) is 0 Å². The summed E-state index contributed by atoms with van der Waals surface area (Å²) < 4.78 is 0. The highest BCUT2D eigenvalue weighted by molar-refractivity contribution is 6.31. The molecule has 0 bridgehead atoms. The van der Waals surface area contributed by atoms with E-state index in [2.05, 4.69) is 37.7 Å². The summed E-state index contributed by atoms with van der Waals surface area (Å²) in [6.45, 7) is 9.84. The number of hydrogen-bond donors (Lipinski definition) is 2. The SMILES string of the molecule is CC(C)Cc1cncc(Cl)c1CN.CC(C)Cc1cnccc1CN. The summed E-state index contributed by atoms with van der Waals surface area (Å²) in [4.78, 5) is 8.15. The van der Waals surface area contributed by atoms with E-state index in [4.69, 9.17) is 23.1 Å². The minimum absolute atomic E-state index is 0.489. The van der Waals surface area contributed by atoms with Crippen LogP contribution in [0.25, 0.3) is 0 Å². The van der Waals surface area contributed by atoms with Crippen LogP contribution in [0.2, 0.25) is 5.02 Å². The first-order valence-electron chi connectivity index (χ1n) is 8.82. The normalized spacial score (nSPS) is 10.8. The van der Waals surface area contributed by atoms with Gasteiger partial charge in [0, 0.05) is 37.9 Å². The smallest absolute Gasteiger partial charge is 0.0636 e. The van der Waals surface area contributed by atoms with Crippen LogP contribution in [0.1, 0.15) is 49.9 Å². The molecule has 2 aromatic heterocycles. The van der Waals surface area contributed by atoms with E-state index in [1.807, 2.05) is 18.5 Å². The molecule has 0 radical (unpaired) electrons. The molecule has 0 aliphatic heterocycles. The largest absolute Gasteiger partial charge is 0.326 e. The quantitative estimate of drug-likeness (QED) is 0.809. The molecule has 0 aliphatic rings. The first-order valence-corrected chi connectivity index (χ1v) is 9.19. The molecule has 138 valence electrons. The summed E-state index contributed by atoms with van der Waals surface area (Å²) in [6.07, 6.45) is 9.27.